The number of fused-ring (bicyclic) bond motifs is 8. The van der Waals surface area contributed by atoms with E-state index >= 15 is 0 Å². The maximum absolute atomic E-state index is 2.80. The zero-order valence-corrected chi connectivity index (χ0v) is 43.9. The largest absolute Gasteiger partial charge is 0.376 e. The van der Waals surface area contributed by atoms with Crippen molar-refractivity contribution in [3.8, 4) is 22.3 Å². The smallest absolute Gasteiger partial charge is 0.343 e. The van der Waals surface area contributed by atoms with Crippen molar-refractivity contribution >= 4 is 66.9 Å². The maximum Gasteiger partial charge on any atom is 0.343 e. The predicted octanol–water partition coefficient (Wildman–Crippen LogP) is 16.9. The summed E-state index contributed by atoms with van der Waals surface area (Å²) in [6.07, 6.45) is 4.76. The van der Waals surface area contributed by atoms with E-state index in [1.165, 1.54) is 136 Å². The Labute approximate surface area is 407 Å². The lowest BCUT2D eigenvalue weighted by Gasteiger charge is -2.47. The number of aryl methyl sites for hydroxylation is 1. The van der Waals surface area contributed by atoms with Gasteiger partial charge in [0, 0.05) is 43.1 Å². The normalized spacial score (nSPS) is 18.5. The van der Waals surface area contributed by atoms with E-state index in [2.05, 4.69) is 234 Å². The highest BCUT2D eigenvalue weighted by molar-refractivity contribution is 7.32. The first-order valence-electron chi connectivity index (χ1n) is 25.2. The molecule has 2 aliphatic heterocycles. The van der Waals surface area contributed by atoms with E-state index in [4.69, 9.17) is 0 Å². The molecule has 67 heavy (non-hydrogen) atoms. The van der Waals surface area contributed by atoms with Crippen molar-refractivity contribution in [3.63, 3.8) is 0 Å². The number of nitrogens with zero attached hydrogens (tertiary/aromatic N) is 2. The summed E-state index contributed by atoms with van der Waals surface area (Å²) >= 11 is 2.05. The van der Waals surface area contributed by atoms with Gasteiger partial charge in [-0.1, -0.05) is 158 Å². The monoisotopic (exact) mass is 899 g/mol. The predicted molar refractivity (Wildman–Crippen MR) is 294 cm³/mol. The van der Waals surface area contributed by atoms with Gasteiger partial charge in [0.2, 0.25) is 0 Å². The Balaban J connectivity index is 1.29. The lowest BCUT2D eigenvalue weighted by atomic mass is 9.46. The van der Waals surface area contributed by atoms with Crippen LogP contribution < -0.4 is 20.0 Å². The van der Waals surface area contributed by atoms with Crippen molar-refractivity contribution in [2.75, 3.05) is 9.71 Å². The van der Waals surface area contributed by atoms with Crippen LogP contribution >= 0.6 is 11.3 Å². The second kappa shape index (κ2) is 14.5. The average Bonchev–Trinajstić information content (AvgIpc) is 3.64. The standard InChI is InChI=1S/C63H71BN2S/c1-38-31-45-43-24-21-41(59(5,6)7)34-52(43)66(42-23-25-47-48(35-42)61(10,11)28-27-60(47,8)9)64-55(45)53(32-38)65(51-26-22-40(58(2,3)4)33-44(51)39-19-17-16-18-20-39)56-46-36-49-50(37-54(46)67-57(56)64)63(14,15)30-29-62(49,12)13/h16-26,31-37H,27-30H2,1-15H3. The zero-order valence-electron chi connectivity index (χ0n) is 43.1. The third kappa shape index (κ3) is 6.84. The fourth-order valence-corrected chi connectivity index (χ4v) is 13.7. The molecular formula is C63H71BN2S. The summed E-state index contributed by atoms with van der Waals surface area (Å²) in [5.74, 6) is 0. The minimum atomic E-state index is -0.0400. The first kappa shape index (κ1) is 44.5. The number of thiophene rings is 1. The fraction of sp³-hybridized carbons (Fsp3) is 0.397. The molecule has 0 amide bonds. The SMILES string of the molecule is Cc1cc2c3c(c1)N(c1ccc(C(C)(C)C)cc1-c1ccccc1)c1c(sc4cc5c(cc14)C(C)(C)CCC5(C)C)B3N(c1ccc3c(c1)C(C)(C)CCC3(C)C)c1cc(C(C)(C)C)ccc1-2. The second-order valence-electron chi connectivity index (χ2n) is 25.7. The molecule has 0 saturated heterocycles. The summed E-state index contributed by atoms with van der Waals surface area (Å²) in [6.45, 7) is 36.2. The van der Waals surface area contributed by atoms with Gasteiger partial charge in [-0.25, -0.2) is 0 Å². The number of anilines is 5. The third-order valence-corrected chi connectivity index (χ3v) is 18.1. The molecule has 2 nitrogen and oxygen atoms in total. The van der Waals surface area contributed by atoms with Crippen LogP contribution in [0.2, 0.25) is 0 Å². The highest BCUT2D eigenvalue weighted by atomic mass is 32.1. The van der Waals surface area contributed by atoms with E-state index < -0.39 is 0 Å². The summed E-state index contributed by atoms with van der Waals surface area (Å²) in [4.78, 5) is 5.52. The van der Waals surface area contributed by atoms with Crippen molar-refractivity contribution in [2.24, 2.45) is 0 Å². The van der Waals surface area contributed by atoms with Gasteiger partial charge in [-0.15, -0.1) is 11.3 Å². The van der Waals surface area contributed by atoms with E-state index in [-0.39, 0.29) is 39.3 Å². The molecule has 0 spiro atoms. The van der Waals surface area contributed by atoms with Gasteiger partial charge >= 0.3 is 6.85 Å². The molecule has 2 aliphatic carbocycles. The zero-order chi connectivity index (χ0) is 47.5. The van der Waals surface area contributed by atoms with Gasteiger partial charge in [0.15, 0.2) is 0 Å². The molecule has 11 rings (SSSR count). The molecule has 0 saturated carbocycles. The van der Waals surface area contributed by atoms with E-state index in [1.807, 2.05) is 0 Å². The number of rotatable bonds is 3. The van der Waals surface area contributed by atoms with Crippen LogP contribution in [0, 0.1) is 6.92 Å². The highest BCUT2D eigenvalue weighted by Crippen LogP contribution is 2.56. The summed E-state index contributed by atoms with van der Waals surface area (Å²) in [5.41, 5.74) is 23.5. The summed E-state index contributed by atoms with van der Waals surface area (Å²) < 4.78 is 2.81. The first-order chi connectivity index (χ1) is 31.4. The molecule has 0 radical (unpaired) electrons. The Kier molecular flexibility index (Phi) is 9.61. The summed E-state index contributed by atoms with van der Waals surface area (Å²) in [5, 5.41) is 1.37. The molecule has 4 heteroatoms. The molecule has 3 heterocycles. The summed E-state index contributed by atoms with van der Waals surface area (Å²) in [6, 6.07) is 43.8. The number of hydrogen-bond acceptors (Lipinski definition) is 3. The van der Waals surface area contributed by atoms with Crippen LogP contribution in [0.5, 0.6) is 0 Å². The lowest BCUT2D eigenvalue weighted by Crippen LogP contribution is -2.60. The van der Waals surface area contributed by atoms with Crippen LogP contribution in [0.1, 0.15) is 162 Å². The second-order valence-corrected chi connectivity index (χ2v) is 26.7. The molecular weight excluding hydrogens is 828 g/mol. The van der Waals surface area contributed by atoms with Crippen LogP contribution in [0.25, 0.3) is 32.3 Å². The fourth-order valence-electron chi connectivity index (χ4n) is 12.4. The Morgan fingerprint density at radius 3 is 1.73 bits per heavy atom. The molecule has 0 bridgehead atoms. The maximum atomic E-state index is 2.80. The molecule has 4 aliphatic rings. The molecule has 6 aromatic carbocycles. The summed E-state index contributed by atoms with van der Waals surface area (Å²) in [7, 11) is 0. The lowest BCUT2D eigenvalue weighted by molar-refractivity contribution is 0.332. The van der Waals surface area contributed by atoms with Crippen molar-refractivity contribution in [1.82, 2.24) is 0 Å². The minimum Gasteiger partial charge on any atom is -0.376 e. The molecule has 0 N–H and O–H groups in total. The van der Waals surface area contributed by atoms with Gasteiger partial charge in [0.25, 0.3) is 0 Å². The molecule has 0 unspecified atom stereocenters. The first-order valence-corrected chi connectivity index (χ1v) is 26.0. The Hall–Kier alpha value is -5.06. The van der Waals surface area contributed by atoms with Gasteiger partial charge in [-0.3, -0.25) is 0 Å². The third-order valence-electron chi connectivity index (χ3n) is 16.9. The minimum absolute atomic E-state index is 0.00990. The number of benzene rings is 6. The molecule has 342 valence electrons. The van der Waals surface area contributed by atoms with Crippen molar-refractivity contribution in [1.29, 1.82) is 0 Å². The Morgan fingerprint density at radius 1 is 0.507 bits per heavy atom. The van der Waals surface area contributed by atoms with Crippen LogP contribution in [-0.4, -0.2) is 6.85 Å². The topological polar surface area (TPSA) is 6.48 Å². The number of hydrogen-bond donors (Lipinski definition) is 0. The van der Waals surface area contributed by atoms with Gasteiger partial charge < -0.3 is 9.71 Å². The van der Waals surface area contributed by atoms with Gasteiger partial charge in [0.05, 0.1) is 11.4 Å². The molecule has 7 aromatic rings. The Morgan fingerprint density at radius 2 is 1.09 bits per heavy atom. The van der Waals surface area contributed by atoms with Crippen LogP contribution in [0.3, 0.4) is 0 Å². The van der Waals surface area contributed by atoms with Crippen molar-refractivity contribution < 1.29 is 0 Å². The highest BCUT2D eigenvalue weighted by Gasteiger charge is 2.49. The molecule has 1 aromatic heterocycles. The van der Waals surface area contributed by atoms with E-state index in [0.29, 0.717) is 0 Å². The molecule has 0 atom stereocenters. The van der Waals surface area contributed by atoms with Gasteiger partial charge in [-0.2, -0.15) is 0 Å². The van der Waals surface area contributed by atoms with E-state index in [1.54, 1.807) is 0 Å². The van der Waals surface area contributed by atoms with Crippen molar-refractivity contribution in [2.45, 2.75) is 162 Å². The van der Waals surface area contributed by atoms with Gasteiger partial charge in [0.1, 0.15) is 0 Å². The van der Waals surface area contributed by atoms with Gasteiger partial charge in [-0.05, 0) is 169 Å². The van der Waals surface area contributed by atoms with Crippen LogP contribution in [0.15, 0.2) is 109 Å². The van der Waals surface area contributed by atoms with E-state index in [9.17, 15) is 0 Å². The van der Waals surface area contributed by atoms with E-state index in [0.717, 1.165) is 0 Å². The average molecular weight is 899 g/mol. The Bertz CT molecular complexity index is 3180. The molecule has 0 fully saturated rings. The van der Waals surface area contributed by atoms with Crippen molar-refractivity contribution in [3.05, 3.63) is 148 Å². The quantitative estimate of drug-likeness (QED) is 0.163. The van der Waals surface area contributed by atoms with Crippen LogP contribution in [0.4, 0.5) is 28.4 Å². The van der Waals surface area contributed by atoms with Crippen LogP contribution in [-0.2, 0) is 32.5 Å².